The van der Waals surface area contributed by atoms with Crippen molar-refractivity contribution < 1.29 is 35.1 Å². The second-order valence-corrected chi connectivity index (χ2v) is 7.44. The van der Waals surface area contributed by atoms with Crippen molar-refractivity contribution in [3.63, 3.8) is 0 Å². The highest BCUT2D eigenvalue weighted by molar-refractivity contribution is 5.85. The predicted molar refractivity (Wildman–Crippen MR) is 112 cm³/mol. The summed E-state index contributed by atoms with van der Waals surface area (Å²) in [6.07, 6.45) is -1.26. The minimum absolute atomic E-state index is 0.0217. The zero-order valence-electron chi connectivity index (χ0n) is 17.8. The molecule has 0 aliphatic heterocycles. The van der Waals surface area contributed by atoms with Crippen molar-refractivity contribution in [2.75, 3.05) is 39.3 Å². The molecule has 0 saturated heterocycles. The van der Waals surface area contributed by atoms with E-state index in [1.54, 1.807) is 0 Å². The lowest BCUT2D eigenvalue weighted by molar-refractivity contribution is -0.154. The first-order chi connectivity index (χ1) is 14.4. The highest BCUT2D eigenvalue weighted by Crippen LogP contribution is 2.09. The van der Waals surface area contributed by atoms with Crippen molar-refractivity contribution in [2.45, 2.75) is 75.8 Å². The standard InChI is InChI=1S/C20H40N3O7/c21-9-3-1-4-10-22-11-5-2-6-12-23-13-7-8-15(25)17(27)19(29)20(30)18(28)16(26)14-24/h17-24,27-30H,1-14H2/t17-,18+,19+,20+/m0/s1. The normalized spacial score (nSPS) is 15.5. The summed E-state index contributed by atoms with van der Waals surface area (Å²) in [5.41, 5.74) is 7.06. The molecule has 0 aliphatic carbocycles. The topological polar surface area (TPSA) is 183 Å². The van der Waals surface area contributed by atoms with E-state index < -0.39 is 42.6 Å². The second-order valence-electron chi connectivity index (χ2n) is 7.44. The van der Waals surface area contributed by atoms with Crippen LogP contribution < -0.4 is 16.4 Å². The van der Waals surface area contributed by atoms with E-state index in [1.807, 2.05) is 0 Å². The minimum Gasteiger partial charge on any atom is -0.388 e. The van der Waals surface area contributed by atoms with Gasteiger partial charge in [-0.3, -0.25) is 15.3 Å². The molecule has 0 unspecified atom stereocenters. The number of carbonyl (C=O) groups excluding carboxylic acids is 2. The Hall–Kier alpha value is -0.980. The van der Waals surface area contributed by atoms with Gasteiger partial charge in [0, 0.05) is 13.0 Å². The van der Waals surface area contributed by atoms with Crippen molar-refractivity contribution in [1.82, 2.24) is 16.4 Å². The smallest absolute Gasteiger partial charge is 0.189 e. The van der Waals surface area contributed by atoms with Crippen LogP contribution in [-0.2, 0) is 9.59 Å². The van der Waals surface area contributed by atoms with E-state index in [0.29, 0.717) is 19.5 Å². The molecule has 1 radical (unpaired) electrons. The lowest BCUT2D eigenvalue weighted by atomic mass is 9.96. The summed E-state index contributed by atoms with van der Waals surface area (Å²) >= 11 is 0. The van der Waals surface area contributed by atoms with Crippen LogP contribution >= 0.6 is 0 Å². The van der Waals surface area contributed by atoms with E-state index in [2.05, 4.69) is 10.6 Å². The SMILES string of the molecule is [NH]CCCCCNCCCCCNCCCC(=O)[C@H](O)[C@@H](O)[C@H](O)[C@H](O)C(=O)CO. The number of aliphatic hydroxyl groups is 5. The minimum atomic E-state index is -2.07. The molecule has 0 amide bonds. The Balaban J connectivity index is 3.69. The maximum absolute atomic E-state index is 11.9. The second kappa shape index (κ2) is 18.8. The van der Waals surface area contributed by atoms with Crippen molar-refractivity contribution >= 4 is 11.6 Å². The average molecular weight is 435 g/mol. The van der Waals surface area contributed by atoms with Crippen LogP contribution in [0.2, 0.25) is 0 Å². The van der Waals surface area contributed by atoms with E-state index in [1.165, 1.54) is 0 Å². The van der Waals surface area contributed by atoms with Gasteiger partial charge in [0.1, 0.15) is 31.0 Å². The Morgan fingerprint density at radius 3 is 1.57 bits per heavy atom. The quantitative estimate of drug-likeness (QED) is 0.102. The maximum Gasteiger partial charge on any atom is 0.189 e. The molecular formula is C20H40N3O7. The zero-order valence-corrected chi connectivity index (χ0v) is 17.8. The molecule has 10 heteroatoms. The van der Waals surface area contributed by atoms with Gasteiger partial charge in [0.25, 0.3) is 0 Å². The fourth-order valence-corrected chi connectivity index (χ4v) is 2.86. The first-order valence-corrected chi connectivity index (χ1v) is 10.8. The molecule has 0 rings (SSSR count). The number of Topliss-reactive ketones (excluding diaryl/α,β-unsaturated/α-hetero) is 2. The Kier molecular flexibility index (Phi) is 18.1. The van der Waals surface area contributed by atoms with Gasteiger partial charge in [0.2, 0.25) is 0 Å². The molecule has 0 aromatic rings. The Bertz CT molecular complexity index is 454. The highest BCUT2D eigenvalue weighted by Gasteiger charge is 2.36. The van der Waals surface area contributed by atoms with Crippen LogP contribution in [0.5, 0.6) is 0 Å². The van der Waals surface area contributed by atoms with E-state index in [-0.39, 0.29) is 6.42 Å². The molecule has 30 heavy (non-hydrogen) atoms. The predicted octanol–water partition coefficient (Wildman–Crippen LogP) is -1.86. The molecule has 0 aliphatic rings. The summed E-state index contributed by atoms with van der Waals surface area (Å²) in [7, 11) is 0. The molecule has 0 bridgehead atoms. The largest absolute Gasteiger partial charge is 0.388 e. The van der Waals surface area contributed by atoms with Crippen LogP contribution in [0.3, 0.4) is 0 Å². The number of carbonyl (C=O) groups is 2. The Morgan fingerprint density at radius 2 is 1.10 bits per heavy atom. The number of rotatable bonds is 21. The van der Waals surface area contributed by atoms with E-state index in [0.717, 1.165) is 58.2 Å². The van der Waals surface area contributed by atoms with Crippen LogP contribution in [0.1, 0.15) is 51.4 Å². The van der Waals surface area contributed by atoms with Crippen LogP contribution in [0.4, 0.5) is 0 Å². The fraction of sp³-hybridized carbons (Fsp3) is 0.900. The number of aliphatic hydroxyl groups excluding tert-OH is 5. The molecule has 10 nitrogen and oxygen atoms in total. The van der Waals surface area contributed by atoms with E-state index in [4.69, 9.17) is 10.8 Å². The third-order valence-electron chi connectivity index (χ3n) is 4.83. The maximum atomic E-state index is 11.9. The molecule has 177 valence electrons. The summed E-state index contributed by atoms with van der Waals surface area (Å²) in [5, 5.41) is 53.8. The van der Waals surface area contributed by atoms with Crippen molar-refractivity contribution in [2.24, 2.45) is 0 Å². The van der Waals surface area contributed by atoms with Gasteiger partial charge in [0.05, 0.1) is 0 Å². The van der Waals surface area contributed by atoms with Gasteiger partial charge >= 0.3 is 0 Å². The molecule has 0 saturated carbocycles. The number of ketones is 2. The number of hydrogen-bond acceptors (Lipinski definition) is 9. The monoisotopic (exact) mass is 434 g/mol. The van der Waals surface area contributed by atoms with Crippen molar-refractivity contribution in [3.05, 3.63) is 0 Å². The van der Waals surface area contributed by atoms with Crippen LogP contribution in [0, 0.1) is 0 Å². The summed E-state index contributed by atoms with van der Waals surface area (Å²) < 4.78 is 0. The third-order valence-corrected chi connectivity index (χ3v) is 4.83. The van der Waals surface area contributed by atoms with Crippen molar-refractivity contribution in [3.8, 4) is 0 Å². The number of unbranched alkanes of at least 4 members (excludes halogenated alkanes) is 4. The zero-order chi connectivity index (χ0) is 22.8. The summed E-state index contributed by atoms with van der Waals surface area (Å²) in [6.45, 7) is 2.85. The first kappa shape index (κ1) is 29.0. The first-order valence-electron chi connectivity index (χ1n) is 10.8. The summed E-state index contributed by atoms with van der Waals surface area (Å²) in [6, 6.07) is 0. The van der Waals surface area contributed by atoms with Gasteiger partial charge in [-0.2, -0.15) is 0 Å². The number of hydrogen-bond donors (Lipinski definition) is 7. The van der Waals surface area contributed by atoms with Gasteiger partial charge in [-0.25, -0.2) is 0 Å². The van der Waals surface area contributed by atoms with Gasteiger partial charge in [-0.15, -0.1) is 0 Å². The van der Waals surface area contributed by atoms with Gasteiger partial charge in [-0.05, 0) is 58.3 Å². The molecular weight excluding hydrogens is 394 g/mol. The molecule has 0 heterocycles. The fourth-order valence-electron chi connectivity index (χ4n) is 2.86. The Labute approximate surface area is 178 Å². The van der Waals surface area contributed by atoms with Crippen molar-refractivity contribution in [1.29, 1.82) is 0 Å². The molecule has 0 spiro atoms. The summed E-state index contributed by atoms with van der Waals surface area (Å²) in [5.74, 6) is -1.80. The van der Waals surface area contributed by atoms with E-state index in [9.17, 15) is 30.0 Å². The van der Waals surface area contributed by atoms with Crippen LogP contribution in [0.25, 0.3) is 0 Å². The average Bonchev–Trinajstić information content (AvgIpc) is 2.76. The van der Waals surface area contributed by atoms with Crippen LogP contribution in [0.15, 0.2) is 0 Å². The third kappa shape index (κ3) is 13.3. The number of nitrogens with one attached hydrogen (secondary N) is 3. The molecule has 0 aromatic carbocycles. The molecule has 8 N–H and O–H groups in total. The van der Waals surface area contributed by atoms with Gasteiger partial charge < -0.3 is 36.2 Å². The highest BCUT2D eigenvalue weighted by atomic mass is 16.4. The Morgan fingerprint density at radius 1 is 0.667 bits per heavy atom. The van der Waals surface area contributed by atoms with Gasteiger partial charge in [0.15, 0.2) is 11.6 Å². The van der Waals surface area contributed by atoms with Gasteiger partial charge in [-0.1, -0.05) is 12.8 Å². The lowest BCUT2D eigenvalue weighted by Crippen LogP contribution is -2.50. The summed E-state index contributed by atoms with van der Waals surface area (Å²) in [4.78, 5) is 23.0. The lowest BCUT2D eigenvalue weighted by Gasteiger charge is -2.24. The molecule has 0 fully saturated rings. The molecule has 4 atom stereocenters. The van der Waals surface area contributed by atoms with E-state index >= 15 is 0 Å². The molecule has 0 aromatic heterocycles. The van der Waals surface area contributed by atoms with Crippen LogP contribution in [-0.4, -0.2) is 101 Å².